The van der Waals surface area contributed by atoms with E-state index in [1.807, 2.05) is 0 Å². The van der Waals surface area contributed by atoms with Crippen LogP contribution in [0.15, 0.2) is 30.3 Å². The molecule has 17 heavy (non-hydrogen) atoms. The number of benzene rings is 1. The molecule has 0 aliphatic carbocycles. The quantitative estimate of drug-likeness (QED) is 0.890. The zero-order valence-corrected chi connectivity index (χ0v) is 8.94. The summed E-state index contributed by atoms with van der Waals surface area (Å²) in [5, 5.41) is 9.69. The molecule has 1 aromatic heterocycles. The summed E-state index contributed by atoms with van der Waals surface area (Å²) in [6.45, 7) is -0.922. The van der Waals surface area contributed by atoms with Gasteiger partial charge in [0, 0.05) is 11.5 Å². The Morgan fingerprint density at radius 2 is 2.06 bits per heavy atom. The Hall–Kier alpha value is -1.75. The Morgan fingerprint density at radius 3 is 2.76 bits per heavy atom. The van der Waals surface area contributed by atoms with Crippen LogP contribution in [-0.4, -0.2) is 23.1 Å². The number of nitrogens with zero attached hydrogens (tertiary/aromatic N) is 1. The maximum Gasteiger partial charge on any atom is 0.272 e. The molecule has 0 aliphatic heterocycles. The van der Waals surface area contributed by atoms with Crippen molar-refractivity contribution in [2.45, 2.75) is 13.0 Å². The highest BCUT2D eigenvalue weighted by molar-refractivity contribution is 5.85. The van der Waals surface area contributed by atoms with Gasteiger partial charge in [-0.15, -0.1) is 0 Å². The normalized spacial score (nSPS) is 11.1. The van der Waals surface area contributed by atoms with E-state index in [9.17, 15) is 8.78 Å². The molecule has 1 N–H and O–H groups in total. The SMILES string of the molecule is OCc1cc(OCC(F)F)c2ccccc2n1. The van der Waals surface area contributed by atoms with Crippen LogP contribution < -0.4 is 4.74 Å². The van der Waals surface area contributed by atoms with Crippen LogP contribution in [0.3, 0.4) is 0 Å². The Morgan fingerprint density at radius 1 is 1.29 bits per heavy atom. The molecule has 0 atom stereocenters. The van der Waals surface area contributed by atoms with E-state index in [2.05, 4.69) is 4.98 Å². The van der Waals surface area contributed by atoms with E-state index in [4.69, 9.17) is 9.84 Å². The first kappa shape index (κ1) is 11.7. The summed E-state index contributed by atoms with van der Waals surface area (Å²) in [7, 11) is 0. The van der Waals surface area contributed by atoms with E-state index in [0.29, 0.717) is 22.3 Å². The zero-order valence-electron chi connectivity index (χ0n) is 8.94. The van der Waals surface area contributed by atoms with E-state index >= 15 is 0 Å². The fraction of sp³-hybridized carbons (Fsp3) is 0.250. The van der Waals surface area contributed by atoms with Crippen LogP contribution in [0.25, 0.3) is 10.9 Å². The number of alkyl halides is 2. The molecule has 2 rings (SSSR count). The zero-order chi connectivity index (χ0) is 12.3. The summed E-state index contributed by atoms with van der Waals surface area (Å²) < 4.78 is 29.2. The van der Waals surface area contributed by atoms with Crippen molar-refractivity contribution >= 4 is 10.9 Å². The Kier molecular flexibility index (Phi) is 3.49. The highest BCUT2D eigenvalue weighted by atomic mass is 19.3. The number of pyridine rings is 1. The average molecular weight is 239 g/mol. The molecule has 1 aromatic carbocycles. The lowest BCUT2D eigenvalue weighted by atomic mass is 10.2. The lowest BCUT2D eigenvalue weighted by molar-refractivity contribution is 0.0825. The second-order valence-corrected chi connectivity index (χ2v) is 3.49. The van der Waals surface area contributed by atoms with Crippen LogP contribution in [0.2, 0.25) is 0 Å². The van der Waals surface area contributed by atoms with Gasteiger partial charge in [0.2, 0.25) is 0 Å². The fourth-order valence-corrected chi connectivity index (χ4v) is 1.55. The number of ether oxygens (including phenoxy) is 1. The van der Waals surface area contributed by atoms with Crippen LogP contribution in [0.5, 0.6) is 5.75 Å². The summed E-state index contributed by atoms with van der Waals surface area (Å²) in [5.41, 5.74) is 1.01. The maximum absolute atomic E-state index is 12.1. The molecule has 0 saturated heterocycles. The molecule has 0 saturated carbocycles. The molecule has 0 bridgehead atoms. The smallest absolute Gasteiger partial charge is 0.272 e. The largest absolute Gasteiger partial charge is 0.487 e. The Bertz CT molecular complexity index is 517. The molecule has 0 amide bonds. The monoisotopic (exact) mass is 239 g/mol. The van der Waals surface area contributed by atoms with Crippen LogP contribution in [-0.2, 0) is 6.61 Å². The van der Waals surface area contributed by atoms with Gasteiger partial charge in [-0.3, -0.25) is 4.98 Å². The number of para-hydroxylation sites is 1. The van der Waals surface area contributed by atoms with E-state index in [-0.39, 0.29) is 6.61 Å². The Balaban J connectivity index is 2.43. The molecule has 0 spiro atoms. The minimum absolute atomic E-state index is 0.254. The molecule has 90 valence electrons. The van der Waals surface area contributed by atoms with Gasteiger partial charge in [0.05, 0.1) is 17.8 Å². The van der Waals surface area contributed by atoms with Gasteiger partial charge < -0.3 is 9.84 Å². The maximum atomic E-state index is 12.1. The molecule has 2 aromatic rings. The first-order chi connectivity index (χ1) is 8.20. The number of aromatic nitrogens is 1. The minimum Gasteiger partial charge on any atom is -0.487 e. The van der Waals surface area contributed by atoms with E-state index in [0.717, 1.165) is 0 Å². The molecule has 0 aliphatic rings. The van der Waals surface area contributed by atoms with Gasteiger partial charge in [-0.2, -0.15) is 0 Å². The molecular formula is C12H11F2NO2. The van der Waals surface area contributed by atoms with Gasteiger partial charge in [-0.1, -0.05) is 12.1 Å². The standard InChI is InChI=1S/C12H11F2NO2/c13-12(14)7-17-11-5-8(6-16)15-10-4-2-1-3-9(10)11/h1-5,12,16H,6-7H2. The number of fused-ring (bicyclic) bond motifs is 1. The number of halogens is 2. The first-order valence-corrected chi connectivity index (χ1v) is 5.11. The van der Waals surface area contributed by atoms with E-state index in [1.54, 1.807) is 24.3 Å². The van der Waals surface area contributed by atoms with Crippen molar-refractivity contribution in [3.8, 4) is 5.75 Å². The second-order valence-electron chi connectivity index (χ2n) is 3.49. The summed E-state index contributed by atoms with van der Waals surface area (Å²) >= 11 is 0. The molecule has 3 nitrogen and oxygen atoms in total. The first-order valence-electron chi connectivity index (χ1n) is 5.11. The highest BCUT2D eigenvalue weighted by Gasteiger charge is 2.09. The number of aliphatic hydroxyl groups excluding tert-OH is 1. The van der Waals surface area contributed by atoms with Crippen LogP contribution in [0.4, 0.5) is 8.78 Å². The van der Waals surface area contributed by atoms with Crippen molar-refractivity contribution < 1.29 is 18.6 Å². The summed E-state index contributed by atoms with van der Waals surface area (Å²) in [6.07, 6.45) is -2.53. The number of hydrogen-bond donors (Lipinski definition) is 1. The lowest BCUT2D eigenvalue weighted by Crippen LogP contribution is -2.08. The van der Waals surface area contributed by atoms with Gasteiger partial charge >= 0.3 is 0 Å². The predicted molar refractivity (Wildman–Crippen MR) is 59.2 cm³/mol. The van der Waals surface area contributed by atoms with E-state index < -0.39 is 13.0 Å². The third kappa shape index (κ3) is 2.68. The van der Waals surface area contributed by atoms with Crippen molar-refractivity contribution in [3.63, 3.8) is 0 Å². The summed E-state index contributed by atoms with van der Waals surface area (Å²) in [5.74, 6) is 0.319. The number of aliphatic hydroxyl groups is 1. The second kappa shape index (κ2) is 5.05. The minimum atomic E-state index is -2.53. The molecule has 0 radical (unpaired) electrons. The van der Waals surface area contributed by atoms with Crippen LogP contribution >= 0.6 is 0 Å². The van der Waals surface area contributed by atoms with Crippen molar-refractivity contribution in [1.82, 2.24) is 4.98 Å². The predicted octanol–water partition coefficient (Wildman–Crippen LogP) is 2.37. The summed E-state index contributed by atoms with van der Waals surface area (Å²) in [6, 6.07) is 8.52. The molecule has 1 heterocycles. The third-order valence-corrected chi connectivity index (χ3v) is 2.26. The van der Waals surface area contributed by atoms with Gasteiger partial charge in [-0.25, -0.2) is 8.78 Å². The van der Waals surface area contributed by atoms with Gasteiger partial charge in [-0.05, 0) is 12.1 Å². The van der Waals surface area contributed by atoms with Gasteiger partial charge in [0.25, 0.3) is 6.43 Å². The summed E-state index contributed by atoms with van der Waals surface area (Å²) in [4.78, 5) is 4.16. The molecular weight excluding hydrogens is 228 g/mol. The van der Waals surface area contributed by atoms with Crippen LogP contribution in [0.1, 0.15) is 5.69 Å². The van der Waals surface area contributed by atoms with Gasteiger partial charge in [0.1, 0.15) is 12.4 Å². The van der Waals surface area contributed by atoms with Crippen molar-refractivity contribution in [2.24, 2.45) is 0 Å². The number of hydrogen-bond acceptors (Lipinski definition) is 3. The molecule has 0 unspecified atom stereocenters. The topological polar surface area (TPSA) is 42.4 Å². The van der Waals surface area contributed by atoms with Crippen molar-refractivity contribution in [1.29, 1.82) is 0 Å². The average Bonchev–Trinajstić information content (AvgIpc) is 2.35. The Labute approximate surface area is 96.7 Å². The number of rotatable bonds is 4. The van der Waals surface area contributed by atoms with Crippen molar-refractivity contribution in [3.05, 3.63) is 36.0 Å². The fourth-order valence-electron chi connectivity index (χ4n) is 1.55. The third-order valence-electron chi connectivity index (χ3n) is 2.26. The molecule has 0 fully saturated rings. The lowest BCUT2D eigenvalue weighted by Gasteiger charge is -2.10. The van der Waals surface area contributed by atoms with Gasteiger partial charge in [0.15, 0.2) is 0 Å². The molecule has 5 heteroatoms. The van der Waals surface area contributed by atoms with Crippen molar-refractivity contribution in [2.75, 3.05) is 6.61 Å². The highest BCUT2D eigenvalue weighted by Crippen LogP contribution is 2.25. The van der Waals surface area contributed by atoms with Crippen LogP contribution in [0, 0.1) is 0 Å². The van der Waals surface area contributed by atoms with E-state index in [1.165, 1.54) is 6.07 Å².